The maximum Gasteiger partial charge on any atom is 0.323 e. The first-order valence-corrected chi connectivity index (χ1v) is 12.1. The minimum absolute atomic E-state index is 0.115. The first-order chi connectivity index (χ1) is 16.5. The maximum absolute atomic E-state index is 13.2. The van der Waals surface area contributed by atoms with Gasteiger partial charge >= 0.3 is 6.03 Å². The fourth-order valence-electron chi connectivity index (χ4n) is 4.94. The van der Waals surface area contributed by atoms with Crippen LogP contribution in [0.25, 0.3) is 0 Å². The zero-order chi connectivity index (χ0) is 23.7. The van der Waals surface area contributed by atoms with Gasteiger partial charge in [0.1, 0.15) is 11.4 Å². The first kappa shape index (κ1) is 22.2. The van der Waals surface area contributed by atoms with Gasteiger partial charge in [-0.2, -0.15) is 0 Å². The second kappa shape index (κ2) is 9.34. The Morgan fingerprint density at radius 3 is 2.65 bits per heavy atom. The van der Waals surface area contributed by atoms with Gasteiger partial charge in [-0.05, 0) is 48.1 Å². The van der Waals surface area contributed by atoms with Crippen LogP contribution in [0.4, 0.5) is 16.2 Å². The topological polar surface area (TPSA) is 92.7 Å². The number of carbonyl (C=O) groups excluding carboxylic acids is 2. The zero-order valence-corrected chi connectivity index (χ0v) is 19.6. The normalized spacial score (nSPS) is 18.7. The molecule has 2 N–H and O–H groups in total. The van der Waals surface area contributed by atoms with Crippen LogP contribution in [0.3, 0.4) is 0 Å². The number of hydrogen-bond acceptors (Lipinski definition) is 5. The number of hydrogen-bond donors (Lipinski definition) is 2. The van der Waals surface area contributed by atoms with Crippen LogP contribution >= 0.6 is 11.3 Å². The molecule has 2 bridgehead atoms. The van der Waals surface area contributed by atoms with E-state index in [1.54, 1.807) is 40.2 Å². The summed E-state index contributed by atoms with van der Waals surface area (Å²) in [4.78, 5) is 41.6. The van der Waals surface area contributed by atoms with E-state index in [2.05, 4.69) is 10.6 Å². The number of fused-ring (bicyclic) bond motifs is 4. The lowest BCUT2D eigenvalue weighted by Gasteiger charge is -2.43. The Morgan fingerprint density at radius 2 is 1.85 bits per heavy atom. The number of methoxy groups -OCH3 is 1. The van der Waals surface area contributed by atoms with E-state index in [1.165, 1.54) is 7.11 Å². The summed E-state index contributed by atoms with van der Waals surface area (Å²) in [7, 11) is 1.53. The zero-order valence-electron chi connectivity index (χ0n) is 18.8. The predicted octanol–water partition coefficient (Wildman–Crippen LogP) is 3.75. The first-order valence-electron chi connectivity index (χ1n) is 11.3. The molecule has 9 heteroatoms. The molecule has 5 rings (SSSR count). The highest BCUT2D eigenvalue weighted by molar-refractivity contribution is 7.10. The molecule has 0 unspecified atom stereocenters. The second-order valence-electron chi connectivity index (χ2n) is 8.72. The number of nitrogens with zero attached hydrogens (tertiary/aromatic N) is 2. The van der Waals surface area contributed by atoms with Gasteiger partial charge in [0, 0.05) is 36.1 Å². The molecule has 1 fully saturated rings. The van der Waals surface area contributed by atoms with Gasteiger partial charge in [0.05, 0.1) is 19.2 Å². The summed E-state index contributed by atoms with van der Waals surface area (Å²) in [5.41, 5.74) is 1.44. The predicted molar refractivity (Wildman–Crippen MR) is 132 cm³/mol. The molecule has 2 aliphatic rings. The molecule has 2 atom stereocenters. The van der Waals surface area contributed by atoms with Crippen molar-refractivity contribution in [1.29, 1.82) is 0 Å². The van der Waals surface area contributed by atoms with Crippen LogP contribution in [-0.2, 0) is 17.8 Å². The van der Waals surface area contributed by atoms with Gasteiger partial charge in [0.2, 0.25) is 5.91 Å². The average Bonchev–Trinajstić information content (AvgIpc) is 3.34. The minimum Gasteiger partial charge on any atom is -0.495 e. The fraction of sp³-hybridized carbons (Fsp3) is 0.320. The molecule has 3 amide bonds. The number of amides is 3. The molecular formula is C25H26N4O4S. The Labute approximate surface area is 201 Å². The molecule has 4 heterocycles. The standard InChI is InChI=1S/C25H26N4O4S/c1-33-22-7-3-2-6-19(22)26-25(32)27-20-8-9-21-17-11-16(14-29(21)24(20)31)13-28(15-17)23(30)12-18-5-4-10-34-18/h2-10,16-17H,11-15H2,1H3,(H2,26,27,32)/t16-,17-/m1/s1. The number of aromatic nitrogens is 1. The Kier molecular flexibility index (Phi) is 6.10. The van der Waals surface area contributed by atoms with Crippen molar-refractivity contribution in [1.82, 2.24) is 9.47 Å². The van der Waals surface area contributed by atoms with Crippen LogP contribution in [-0.4, -0.2) is 41.6 Å². The van der Waals surface area contributed by atoms with E-state index in [4.69, 9.17) is 4.74 Å². The van der Waals surface area contributed by atoms with Crippen molar-refractivity contribution in [3.8, 4) is 5.75 Å². The molecule has 3 aromatic rings. The summed E-state index contributed by atoms with van der Waals surface area (Å²) in [5, 5.41) is 7.39. The van der Waals surface area contributed by atoms with E-state index in [9.17, 15) is 14.4 Å². The van der Waals surface area contributed by atoms with Crippen LogP contribution in [0.1, 0.15) is 22.9 Å². The van der Waals surface area contributed by atoms with E-state index >= 15 is 0 Å². The summed E-state index contributed by atoms with van der Waals surface area (Å²) in [6.45, 7) is 1.80. The minimum atomic E-state index is -0.511. The van der Waals surface area contributed by atoms with Crippen LogP contribution in [0.2, 0.25) is 0 Å². The Morgan fingerprint density at radius 1 is 1.03 bits per heavy atom. The van der Waals surface area contributed by atoms with Crippen LogP contribution < -0.4 is 20.9 Å². The van der Waals surface area contributed by atoms with Crippen molar-refractivity contribution >= 4 is 34.6 Å². The number of thiophene rings is 1. The lowest BCUT2D eigenvalue weighted by Crippen LogP contribution is -2.49. The molecule has 34 heavy (non-hydrogen) atoms. The number of ether oxygens (including phenoxy) is 1. The highest BCUT2D eigenvalue weighted by Gasteiger charge is 2.36. The van der Waals surface area contributed by atoms with Crippen molar-refractivity contribution in [2.75, 3.05) is 30.8 Å². The molecule has 0 saturated carbocycles. The molecule has 2 aliphatic heterocycles. The Hall–Kier alpha value is -3.59. The number of rotatable bonds is 5. The highest BCUT2D eigenvalue weighted by Crippen LogP contribution is 2.35. The molecular weight excluding hydrogens is 452 g/mol. The average molecular weight is 479 g/mol. The third-order valence-electron chi connectivity index (χ3n) is 6.47. The van der Waals surface area contributed by atoms with E-state index < -0.39 is 6.03 Å². The van der Waals surface area contributed by atoms with Gasteiger partial charge in [0.25, 0.3) is 5.56 Å². The van der Waals surface area contributed by atoms with Gasteiger partial charge < -0.3 is 24.8 Å². The van der Waals surface area contributed by atoms with Crippen molar-refractivity contribution in [3.63, 3.8) is 0 Å². The Balaban J connectivity index is 1.30. The third kappa shape index (κ3) is 4.43. The van der Waals surface area contributed by atoms with Gasteiger partial charge in [-0.3, -0.25) is 9.59 Å². The summed E-state index contributed by atoms with van der Waals surface area (Å²) in [6.07, 6.45) is 1.39. The molecule has 8 nitrogen and oxygen atoms in total. The van der Waals surface area contributed by atoms with Crippen molar-refractivity contribution < 1.29 is 14.3 Å². The molecule has 2 aromatic heterocycles. The quantitative estimate of drug-likeness (QED) is 0.584. The van der Waals surface area contributed by atoms with Gasteiger partial charge in [-0.1, -0.05) is 18.2 Å². The number of benzene rings is 1. The van der Waals surface area contributed by atoms with Crippen LogP contribution in [0.5, 0.6) is 5.75 Å². The summed E-state index contributed by atoms with van der Waals surface area (Å²) >= 11 is 1.60. The Bertz CT molecular complexity index is 1270. The second-order valence-corrected chi connectivity index (χ2v) is 9.75. The summed E-state index contributed by atoms with van der Waals surface area (Å²) in [6, 6.07) is 14.1. The van der Waals surface area contributed by atoms with Crippen molar-refractivity contribution in [3.05, 3.63) is 74.8 Å². The van der Waals surface area contributed by atoms with Crippen LogP contribution in [0, 0.1) is 5.92 Å². The largest absolute Gasteiger partial charge is 0.495 e. The molecule has 0 radical (unpaired) electrons. The highest BCUT2D eigenvalue weighted by atomic mass is 32.1. The molecule has 0 spiro atoms. The summed E-state index contributed by atoms with van der Waals surface area (Å²) in [5.74, 6) is 1.00. The number of urea groups is 1. The van der Waals surface area contributed by atoms with Gasteiger partial charge in [0.15, 0.2) is 0 Å². The van der Waals surface area contributed by atoms with E-state index in [0.29, 0.717) is 37.5 Å². The lowest BCUT2D eigenvalue weighted by atomic mass is 9.83. The number of nitrogens with one attached hydrogen (secondary N) is 2. The van der Waals surface area contributed by atoms with Gasteiger partial charge in [-0.15, -0.1) is 11.3 Å². The van der Waals surface area contributed by atoms with Crippen molar-refractivity contribution in [2.45, 2.75) is 25.3 Å². The van der Waals surface area contributed by atoms with E-state index in [1.807, 2.05) is 34.5 Å². The van der Waals surface area contributed by atoms with Gasteiger partial charge in [-0.25, -0.2) is 4.79 Å². The number of pyridine rings is 1. The molecule has 1 aromatic carbocycles. The molecule has 1 saturated heterocycles. The number of likely N-dealkylation sites (tertiary alicyclic amines) is 1. The fourth-order valence-corrected chi connectivity index (χ4v) is 5.64. The SMILES string of the molecule is COc1ccccc1NC(=O)Nc1ccc2n(c1=O)C[C@@H]1C[C@@H]2CN(C(=O)Cc2cccs2)C1. The summed E-state index contributed by atoms with van der Waals surface area (Å²) < 4.78 is 7.02. The van der Waals surface area contributed by atoms with E-state index in [0.717, 1.165) is 17.0 Å². The molecule has 0 aliphatic carbocycles. The third-order valence-corrected chi connectivity index (χ3v) is 7.34. The lowest BCUT2D eigenvalue weighted by molar-refractivity contribution is -0.133. The number of carbonyl (C=O) groups is 2. The molecule has 176 valence electrons. The number of piperidine rings is 1. The number of anilines is 2. The smallest absolute Gasteiger partial charge is 0.323 e. The van der Waals surface area contributed by atoms with E-state index in [-0.39, 0.29) is 29.0 Å². The van der Waals surface area contributed by atoms with Crippen molar-refractivity contribution in [2.24, 2.45) is 5.92 Å². The van der Waals surface area contributed by atoms with Crippen LogP contribution in [0.15, 0.2) is 58.7 Å². The number of para-hydroxylation sites is 2. The maximum atomic E-state index is 13.2. The monoisotopic (exact) mass is 478 g/mol.